The molecule has 0 aromatic rings. The molecule has 0 saturated heterocycles. The van der Waals surface area contributed by atoms with Gasteiger partial charge in [-0.3, -0.25) is 4.79 Å². The van der Waals surface area contributed by atoms with E-state index in [-0.39, 0.29) is 177 Å². The summed E-state index contributed by atoms with van der Waals surface area (Å²) in [7, 11) is 0. The summed E-state index contributed by atoms with van der Waals surface area (Å²) in [6, 6.07) is 0. The van der Waals surface area contributed by atoms with Crippen molar-refractivity contribution in [2.45, 2.75) is 39.5 Å². The topological polar surface area (TPSA) is 132 Å². The molecule has 0 aromatic carbocycles. The third-order valence-corrected chi connectivity index (χ3v) is 1.75. The molecule has 1 unspecified atom stereocenters. The first-order valence-corrected chi connectivity index (χ1v) is 3.95. The number of carboxylic acid groups (broad SMARTS) is 1. The summed E-state index contributed by atoms with van der Waals surface area (Å²) in [4.78, 5) is 10.4. The molecule has 108 valence electrons. The van der Waals surface area contributed by atoms with Gasteiger partial charge in [0.05, 0.1) is 5.92 Å². The van der Waals surface area contributed by atoms with E-state index in [9.17, 15) is 4.79 Å². The largest absolute Gasteiger partial charge is 0.481 e. The van der Waals surface area contributed by atoms with Crippen LogP contribution < -0.4 is 0 Å². The molecule has 0 radical (unpaired) electrons. The SMILES string of the molecule is CCCCC(CC)C(=O)O.O.O.O.[Hf].[Hf].[Hf].[Hf].[Hf].[Hf]. The van der Waals surface area contributed by atoms with E-state index in [0.29, 0.717) is 0 Å². The minimum atomic E-state index is -0.643. The molecular weight excluding hydrogens is 1250 g/mol. The van der Waals surface area contributed by atoms with Crippen LogP contribution in [0.4, 0.5) is 0 Å². The number of hydrogen-bond donors (Lipinski definition) is 1. The van der Waals surface area contributed by atoms with Crippen molar-refractivity contribution in [2.24, 2.45) is 5.92 Å². The molecule has 5 nitrogen and oxygen atoms in total. The number of aliphatic carboxylic acids is 1. The van der Waals surface area contributed by atoms with E-state index in [2.05, 4.69) is 6.92 Å². The van der Waals surface area contributed by atoms with Crippen molar-refractivity contribution in [1.29, 1.82) is 0 Å². The molecule has 0 aliphatic rings. The van der Waals surface area contributed by atoms with Gasteiger partial charge in [-0.15, -0.1) is 0 Å². The molecule has 0 aliphatic carbocycles. The van der Waals surface area contributed by atoms with Crippen LogP contribution in [0.15, 0.2) is 0 Å². The summed E-state index contributed by atoms with van der Waals surface area (Å²) in [5, 5.41) is 8.60. The van der Waals surface area contributed by atoms with Gasteiger partial charge in [-0.25, -0.2) is 0 Å². The van der Waals surface area contributed by atoms with Gasteiger partial charge in [0.1, 0.15) is 0 Å². The Labute approximate surface area is 228 Å². The smallest absolute Gasteiger partial charge is 0.306 e. The van der Waals surface area contributed by atoms with Gasteiger partial charge in [0, 0.05) is 155 Å². The summed E-state index contributed by atoms with van der Waals surface area (Å²) in [5.41, 5.74) is 0. The van der Waals surface area contributed by atoms with Gasteiger partial charge in [-0.05, 0) is 12.8 Å². The molecule has 0 aliphatic heterocycles. The van der Waals surface area contributed by atoms with Crippen LogP contribution in [-0.4, -0.2) is 27.5 Å². The standard InChI is InChI=1S/C8H16O2.6Hf.3H2O/c1-3-5-6-7(4-2)8(9)10;;;;;;;;;/h7H,3-6H2,1-2H3,(H,9,10);;;;;;;3*1H2. The molecule has 0 spiro atoms. The number of rotatable bonds is 5. The molecule has 0 saturated carbocycles. The zero-order valence-corrected chi connectivity index (χ0v) is 32.8. The molecule has 0 heterocycles. The van der Waals surface area contributed by atoms with E-state index in [4.69, 9.17) is 5.11 Å². The quantitative estimate of drug-likeness (QED) is 0.383. The predicted molar refractivity (Wildman–Crippen MR) is 51.8 cm³/mol. The number of carboxylic acids is 1. The van der Waals surface area contributed by atoms with Crippen molar-refractivity contribution < 1.29 is 181 Å². The first kappa shape index (κ1) is 65.2. The minimum Gasteiger partial charge on any atom is -0.481 e. The van der Waals surface area contributed by atoms with Crippen molar-refractivity contribution in [3.05, 3.63) is 0 Å². The molecule has 0 fully saturated rings. The molecule has 0 aromatic heterocycles. The predicted octanol–water partition coefficient (Wildman–Crippen LogP) is -0.202. The van der Waals surface area contributed by atoms with Crippen molar-refractivity contribution in [1.82, 2.24) is 0 Å². The second kappa shape index (κ2) is 49.5. The summed E-state index contributed by atoms with van der Waals surface area (Å²) < 4.78 is 0. The normalized spacial score (nSPS) is 6.84. The number of unbranched alkanes of at least 4 members (excludes halogenated alkanes) is 1. The third-order valence-electron chi connectivity index (χ3n) is 1.75. The minimum absolute atomic E-state index is 0. The van der Waals surface area contributed by atoms with Crippen LogP contribution in [-0.2, 0) is 160 Å². The molecule has 0 amide bonds. The van der Waals surface area contributed by atoms with Crippen LogP contribution in [0.3, 0.4) is 0 Å². The van der Waals surface area contributed by atoms with Gasteiger partial charge in [0.15, 0.2) is 0 Å². The van der Waals surface area contributed by atoms with Crippen LogP contribution in [0.5, 0.6) is 0 Å². The van der Waals surface area contributed by atoms with E-state index < -0.39 is 5.97 Å². The fourth-order valence-corrected chi connectivity index (χ4v) is 0.953. The van der Waals surface area contributed by atoms with E-state index >= 15 is 0 Å². The molecule has 1 atom stereocenters. The fraction of sp³-hybridized carbons (Fsp3) is 0.875. The molecular formula is C8H22Hf6O5. The first-order valence-electron chi connectivity index (χ1n) is 3.95. The Bertz CT molecular complexity index is 122. The summed E-state index contributed by atoms with van der Waals surface area (Å²) in [6.07, 6.45) is 3.71. The second-order valence-corrected chi connectivity index (χ2v) is 2.59. The van der Waals surface area contributed by atoms with Crippen molar-refractivity contribution in [2.75, 3.05) is 0 Å². The zero-order valence-electron chi connectivity index (χ0n) is 11.3. The van der Waals surface area contributed by atoms with E-state index in [1.807, 2.05) is 6.92 Å². The van der Waals surface area contributed by atoms with Crippen LogP contribution in [0.25, 0.3) is 0 Å². The van der Waals surface area contributed by atoms with E-state index in [0.717, 1.165) is 25.7 Å². The van der Waals surface area contributed by atoms with Crippen LogP contribution in [0, 0.1) is 5.92 Å². The van der Waals surface area contributed by atoms with Gasteiger partial charge in [0.2, 0.25) is 0 Å². The Morgan fingerprint density at radius 2 is 1.21 bits per heavy atom. The molecule has 0 bridgehead atoms. The van der Waals surface area contributed by atoms with Crippen LogP contribution in [0.1, 0.15) is 39.5 Å². The third kappa shape index (κ3) is 45.0. The van der Waals surface area contributed by atoms with E-state index in [1.165, 1.54) is 0 Å². The fourth-order valence-electron chi connectivity index (χ4n) is 0.953. The van der Waals surface area contributed by atoms with E-state index in [1.54, 1.807) is 0 Å². The van der Waals surface area contributed by atoms with Crippen molar-refractivity contribution >= 4 is 5.97 Å². The van der Waals surface area contributed by atoms with Crippen molar-refractivity contribution in [3.8, 4) is 0 Å². The maximum Gasteiger partial charge on any atom is 0.306 e. The van der Waals surface area contributed by atoms with Gasteiger partial charge in [0.25, 0.3) is 0 Å². The molecule has 7 N–H and O–H groups in total. The Morgan fingerprint density at radius 1 is 0.895 bits per heavy atom. The van der Waals surface area contributed by atoms with Gasteiger partial charge in [-0.1, -0.05) is 26.7 Å². The maximum atomic E-state index is 10.4. The average molecular weight is 1270 g/mol. The zero-order chi connectivity index (χ0) is 7.98. The summed E-state index contributed by atoms with van der Waals surface area (Å²) in [5.74, 6) is -0.754. The van der Waals surface area contributed by atoms with Gasteiger partial charge < -0.3 is 21.5 Å². The Morgan fingerprint density at radius 3 is 1.37 bits per heavy atom. The average Bonchev–Trinajstić information content (AvgIpc) is 1.89. The molecule has 11 heteroatoms. The molecule has 0 rings (SSSR count). The van der Waals surface area contributed by atoms with Crippen LogP contribution >= 0.6 is 0 Å². The number of hydrogen-bond acceptors (Lipinski definition) is 1. The monoisotopic (exact) mass is 1280 g/mol. The Balaban J connectivity index is -0.0000000112. The Hall–Kier alpha value is 4.57. The Kier molecular flexibility index (Phi) is 170. The maximum absolute atomic E-state index is 10.4. The van der Waals surface area contributed by atoms with Crippen LogP contribution in [0.2, 0.25) is 0 Å². The molecule has 19 heavy (non-hydrogen) atoms. The van der Waals surface area contributed by atoms with Crippen molar-refractivity contribution in [3.63, 3.8) is 0 Å². The summed E-state index contributed by atoms with van der Waals surface area (Å²) >= 11 is 0. The number of carbonyl (C=O) groups is 1. The first-order chi connectivity index (χ1) is 4.72. The van der Waals surface area contributed by atoms with Gasteiger partial charge >= 0.3 is 5.97 Å². The van der Waals surface area contributed by atoms with Gasteiger partial charge in [-0.2, -0.15) is 0 Å². The summed E-state index contributed by atoms with van der Waals surface area (Å²) in [6.45, 7) is 4.00. The second-order valence-electron chi connectivity index (χ2n) is 2.59.